The molecule has 0 amide bonds. The normalized spacial score (nSPS) is 10.3. The van der Waals surface area contributed by atoms with Crippen LogP contribution in [0, 0.1) is 6.92 Å². The summed E-state index contributed by atoms with van der Waals surface area (Å²) in [6, 6.07) is 8.28. The van der Waals surface area contributed by atoms with Crippen LogP contribution in [0.5, 0.6) is 0 Å². The van der Waals surface area contributed by atoms with Gasteiger partial charge in [-0.05, 0) is 58.7 Å². The number of aryl methyl sites for hydroxylation is 1. The van der Waals surface area contributed by atoms with E-state index in [-0.39, 0.29) is 5.56 Å². The molecule has 0 saturated carbocycles. The Kier molecular flexibility index (Phi) is 4.20. The van der Waals surface area contributed by atoms with Crippen molar-refractivity contribution in [1.29, 1.82) is 0 Å². The zero-order valence-electron chi connectivity index (χ0n) is 10.6. The summed E-state index contributed by atoms with van der Waals surface area (Å²) in [6.07, 6.45) is 0. The summed E-state index contributed by atoms with van der Waals surface area (Å²) in [5.41, 5.74) is 8.18. The Morgan fingerprint density at radius 3 is 2.65 bits per heavy atom. The molecule has 0 aromatic heterocycles. The standard InChI is InChI=1S/C14H12BrClN2O2/c1-7-4-10(15)13(6-11(7)16)18-12-3-2-8(17)5-9(12)14(19)20/h2-6,18H,17H2,1H3,(H,19,20). The zero-order valence-corrected chi connectivity index (χ0v) is 12.9. The molecule has 0 atom stereocenters. The molecule has 0 bridgehead atoms. The van der Waals surface area contributed by atoms with Crippen molar-refractivity contribution in [1.82, 2.24) is 0 Å². The summed E-state index contributed by atoms with van der Waals surface area (Å²) in [5, 5.41) is 12.9. The van der Waals surface area contributed by atoms with E-state index in [1.165, 1.54) is 6.07 Å². The Bertz CT molecular complexity index is 689. The van der Waals surface area contributed by atoms with E-state index in [1.54, 1.807) is 18.2 Å². The average molecular weight is 356 g/mol. The molecule has 2 aromatic carbocycles. The monoisotopic (exact) mass is 354 g/mol. The second-order valence-corrected chi connectivity index (χ2v) is 5.58. The van der Waals surface area contributed by atoms with Crippen molar-refractivity contribution in [2.24, 2.45) is 0 Å². The Morgan fingerprint density at radius 1 is 1.30 bits per heavy atom. The first-order valence-corrected chi connectivity index (χ1v) is 6.91. The molecular formula is C14H12BrClN2O2. The van der Waals surface area contributed by atoms with Crippen LogP contribution in [0.25, 0.3) is 0 Å². The van der Waals surface area contributed by atoms with Crippen LogP contribution in [0.15, 0.2) is 34.8 Å². The molecule has 0 fully saturated rings. The second-order valence-electron chi connectivity index (χ2n) is 4.32. The second kappa shape index (κ2) is 5.73. The summed E-state index contributed by atoms with van der Waals surface area (Å²) >= 11 is 9.50. The Morgan fingerprint density at radius 2 is 2.00 bits per heavy atom. The van der Waals surface area contributed by atoms with Crippen LogP contribution in [0.4, 0.5) is 17.1 Å². The van der Waals surface area contributed by atoms with Crippen molar-refractivity contribution in [3.8, 4) is 0 Å². The lowest BCUT2D eigenvalue weighted by Crippen LogP contribution is -2.04. The molecule has 0 heterocycles. The van der Waals surface area contributed by atoms with Crippen molar-refractivity contribution in [3.05, 3.63) is 51.0 Å². The summed E-state index contributed by atoms with van der Waals surface area (Å²) < 4.78 is 0.799. The van der Waals surface area contributed by atoms with Crippen LogP contribution >= 0.6 is 27.5 Å². The molecule has 4 nitrogen and oxygen atoms in total. The zero-order chi connectivity index (χ0) is 14.9. The fourth-order valence-corrected chi connectivity index (χ4v) is 2.46. The predicted molar refractivity (Wildman–Crippen MR) is 85.0 cm³/mol. The fourth-order valence-electron chi connectivity index (χ4n) is 1.73. The maximum Gasteiger partial charge on any atom is 0.337 e. The average Bonchev–Trinajstić information content (AvgIpc) is 2.37. The van der Waals surface area contributed by atoms with E-state index in [0.717, 1.165) is 10.0 Å². The van der Waals surface area contributed by atoms with Crippen LogP contribution in [-0.4, -0.2) is 11.1 Å². The molecule has 0 aliphatic rings. The van der Waals surface area contributed by atoms with Crippen molar-refractivity contribution < 1.29 is 9.90 Å². The van der Waals surface area contributed by atoms with Crippen molar-refractivity contribution >= 4 is 50.6 Å². The molecule has 104 valence electrons. The van der Waals surface area contributed by atoms with E-state index in [2.05, 4.69) is 21.2 Å². The van der Waals surface area contributed by atoms with E-state index in [4.69, 9.17) is 17.3 Å². The van der Waals surface area contributed by atoms with Gasteiger partial charge in [0, 0.05) is 15.2 Å². The highest BCUT2D eigenvalue weighted by Gasteiger charge is 2.12. The van der Waals surface area contributed by atoms with Gasteiger partial charge in [0.1, 0.15) is 0 Å². The lowest BCUT2D eigenvalue weighted by molar-refractivity contribution is 0.0698. The summed E-state index contributed by atoms with van der Waals surface area (Å²) in [7, 11) is 0. The van der Waals surface area contributed by atoms with Gasteiger partial charge in [0.25, 0.3) is 0 Å². The van der Waals surface area contributed by atoms with Crippen LogP contribution < -0.4 is 11.1 Å². The van der Waals surface area contributed by atoms with E-state index >= 15 is 0 Å². The number of hydrogen-bond donors (Lipinski definition) is 3. The van der Waals surface area contributed by atoms with Gasteiger partial charge >= 0.3 is 5.97 Å². The number of nitrogen functional groups attached to an aromatic ring is 1. The molecule has 2 aromatic rings. The minimum absolute atomic E-state index is 0.105. The van der Waals surface area contributed by atoms with Gasteiger partial charge in [0.05, 0.1) is 16.9 Å². The predicted octanol–water partition coefficient (Wildman–Crippen LogP) is 4.43. The first kappa shape index (κ1) is 14.7. The Balaban J connectivity index is 2.45. The van der Waals surface area contributed by atoms with Crippen molar-refractivity contribution in [3.63, 3.8) is 0 Å². The number of hydrogen-bond acceptors (Lipinski definition) is 3. The van der Waals surface area contributed by atoms with Crippen LogP contribution in [0.2, 0.25) is 5.02 Å². The van der Waals surface area contributed by atoms with E-state index < -0.39 is 5.97 Å². The number of nitrogens with two attached hydrogens (primary N) is 1. The molecule has 0 unspecified atom stereocenters. The van der Waals surface area contributed by atoms with Gasteiger partial charge in [-0.3, -0.25) is 0 Å². The third-order valence-electron chi connectivity index (χ3n) is 2.79. The van der Waals surface area contributed by atoms with Crippen LogP contribution in [0.3, 0.4) is 0 Å². The highest BCUT2D eigenvalue weighted by Crippen LogP contribution is 2.32. The minimum atomic E-state index is -1.05. The van der Waals surface area contributed by atoms with Gasteiger partial charge in [-0.25, -0.2) is 4.79 Å². The molecule has 0 aliphatic heterocycles. The van der Waals surface area contributed by atoms with E-state index in [9.17, 15) is 9.90 Å². The van der Waals surface area contributed by atoms with Gasteiger partial charge in [-0.15, -0.1) is 0 Å². The SMILES string of the molecule is Cc1cc(Br)c(Nc2ccc(N)cc2C(=O)O)cc1Cl. The van der Waals surface area contributed by atoms with Crippen LogP contribution in [0.1, 0.15) is 15.9 Å². The molecule has 6 heteroatoms. The van der Waals surface area contributed by atoms with Gasteiger partial charge < -0.3 is 16.2 Å². The smallest absolute Gasteiger partial charge is 0.337 e. The van der Waals surface area contributed by atoms with Gasteiger partial charge in [0.15, 0.2) is 0 Å². The fraction of sp³-hybridized carbons (Fsp3) is 0.0714. The molecule has 4 N–H and O–H groups in total. The summed E-state index contributed by atoms with van der Waals surface area (Å²) in [6.45, 7) is 1.89. The van der Waals surface area contributed by atoms with E-state index in [0.29, 0.717) is 22.1 Å². The van der Waals surface area contributed by atoms with Gasteiger partial charge in [-0.1, -0.05) is 11.6 Å². The van der Waals surface area contributed by atoms with Crippen LogP contribution in [-0.2, 0) is 0 Å². The largest absolute Gasteiger partial charge is 0.478 e. The number of aromatic carboxylic acids is 1. The number of benzene rings is 2. The number of halogens is 2. The highest BCUT2D eigenvalue weighted by atomic mass is 79.9. The number of carboxylic acid groups (broad SMARTS) is 1. The molecular weight excluding hydrogens is 344 g/mol. The first-order chi connectivity index (χ1) is 9.38. The first-order valence-electron chi connectivity index (χ1n) is 5.74. The molecule has 2 rings (SSSR count). The number of anilines is 3. The summed E-state index contributed by atoms with van der Waals surface area (Å²) in [5.74, 6) is -1.05. The summed E-state index contributed by atoms with van der Waals surface area (Å²) in [4.78, 5) is 11.2. The lowest BCUT2D eigenvalue weighted by atomic mass is 10.1. The molecule has 0 spiro atoms. The Labute approximate surface area is 129 Å². The molecule has 0 radical (unpaired) electrons. The number of carboxylic acids is 1. The molecule has 20 heavy (non-hydrogen) atoms. The third-order valence-corrected chi connectivity index (χ3v) is 3.85. The number of rotatable bonds is 3. The van der Waals surface area contributed by atoms with Crippen molar-refractivity contribution in [2.45, 2.75) is 6.92 Å². The van der Waals surface area contributed by atoms with Gasteiger partial charge in [0.2, 0.25) is 0 Å². The van der Waals surface area contributed by atoms with Gasteiger partial charge in [-0.2, -0.15) is 0 Å². The van der Waals surface area contributed by atoms with E-state index in [1.807, 2.05) is 13.0 Å². The highest BCUT2D eigenvalue weighted by molar-refractivity contribution is 9.10. The number of carbonyl (C=O) groups is 1. The minimum Gasteiger partial charge on any atom is -0.478 e. The Hall–Kier alpha value is -1.72. The maximum absolute atomic E-state index is 11.2. The lowest BCUT2D eigenvalue weighted by Gasteiger charge is -2.13. The van der Waals surface area contributed by atoms with Crippen molar-refractivity contribution in [2.75, 3.05) is 11.1 Å². The molecule has 0 saturated heterocycles. The number of nitrogens with one attached hydrogen (secondary N) is 1. The quantitative estimate of drug-likeness (QED) is 0.712. The topological polar surface area (TPSA) is 75.3 Å². The third kappa shape index (κ3) is 3.05. The molecule has 0 aliphatic carbocycles. The maximum atomic E-state index is 11.2.